The molecule has 2 aromatic carbocycles. The van der Waals surface area contributed by atoms with E-state index >= 15 is 0 Å². The topological polar surface area (TPSA) is 64.8 Å². The average molecular weight is 445 g/mol. The van der Waals surface area contributed by atoms with Gasteiger partial charge in [0.25, 0.3) is 0 Å². The van der Waals surface area contributed by atoms with Gasteiger partial charge in [-0.1, -0.05) is 50.2 Å². The monoisotopic (exact) mass is 444 g/mol. The van der Waals surface area contributed by atoms with Gasteiger partial charge in [-0.05, 0) is 72.8 Å². The summed E-state index contributed by atoms with van der Waals surface area (Å²) in [5.41, 5.74) is 3.43. The number of nitrogens with zero attached hydrogens (tertiary/aromatic N) is 1. The van der Waals surface area contributed by atoms with E-state index in [0.717, 1.165) is 24.6 Å². The molecule has 0 aliphatic heterocycles. The molecule has 1 fully saturated rings. The molecule has 1 aliphatic carbocycles. The largest absolute Gasteiger partial charge is 0.411 e. The molecule has 174 valence electrons. The van der Waals surface area contributed by atoms with Crippen molar-refractivity contribution in [1.82, 2.24) is 5.32 Å². The normalized spacial score (nSPS) is 20.2. The lowest BCUT2D eigenvalue weighted by molar-refractivity contribution is 0.138. The van der Waals surface area contributed by atoms with Gasteiger partial charge >= 0.3 is 0 Å². The number of aliphatic hydroxyl groups is 1. The van der Waals surface area contributed by atoms with Gasteiger partial charge < -0.3 is 15.6 Å². The first kappa shape index (κ1) is 24.3. The fourth-order valence-electron chi connectivity index (χ4n) is 4.42. The first-order valence-electron chi connectivity index (χ1n) is 11.3. The maximum atomic E-state index is 13.4. The van der Waals surface area contributed by atoms with Gasteiger partial charge in [-0.15, -0.1) is 0 Å². The molecule has 4 nitrogen and oxygen atoms in total. The maximum absolute atomic E-state index is 13.4. The quantitative estimate of drug-likeness (QED) is 0.393. The number of aryl methyl sites for hydroxylation is 1. The molecule has 0 bridgehead atoms. The van der Waals surface area contributed by atoms with Gasteiger partial charge in [-0.2, -0.15) is 0 Å². The van der Waals surface area contributed by atoms with Crippen LogP contribution in [0.25, 0.3) is 0 Å². The third-order valence-electron chi connectivity index (χ3n) is 6.47. The highest BCUT2D eigenvalue weighted by atomic mass is 19.1. The lowest BCUT2D eigenvalue weighted by Crippen LogP contribution is -2.48. The van der Waals surface area contributed by atoms with Crippen LogP contribution in [0.4, 0.5) is 8.78 Å². The van der Waals surface area contributed by atoms with E-state index in [9.17, 15) is 19.1 Å². The molecular formula is C26H34F2N2O2. The van der Waals surface area contributed by atoms with Crippen LogP contribution in [0.1, 0.15) is 69.6 Å². The summed E-state index contributed by atoms with van der Waals surface area (Å²) < 4.78 is 26.8. The summed E-state index contributed by atoms with van der Waals surface area (Å²) in [6.07, 6.45) is 3.03. The fraction of sp³-hybridized carbons (Fsp3) is 0.500. The second-order valence-electron chi connectivity index (χ2n) is 9.93. The number of oxime groups is 1. The molecule has 0 amide bonds. The Morgan fingerprint density at radius 1 is 1.06 bits per heavy atom. The lowest BCUT2D eigenvalue weighted by Gasteiger charge is -2.40. The Morgan fingerprint density at radius 2 is 1.72 bits per heavy atom. The molecular weight excluding hydrogens is 410 g/mol. The second kappa shape index (κ2) is 10.1. The Kier molecular flexibility index (Phi) is 7.67. The van der Waals surface area contributed by atoms with Crippen molar-refractivity contribution in [3.63, 3.8) is 0 Å². The summed E-state index contributed by atoms with van der Waals surface area (Å²) in [5, 5.41) is 26.8. The minimum atomic E-state index is -0.656. The number of nitrogens with one attached hydrogen (secondary N) is 1. The first-order chi connectivity index (χ1) is 15.1. The zero-order chi connectivity index (χ0) is 23.4. The summed E-state index contributed by atoms with van der Waals surface area (Å²) in [5.74, 6) is -1.21. The predicted octanol–water partition coefficient (Wildman–Crippen LogP) is 5.45. The molecule has 3 rings (SSSR count). The number of benzene rings is 2. The van der Waals surface area contributed by atoms with Crippen LogP contribution in [-0.4, -0.2) is 28.7 Å². The highest BCUT2D eigenvalue weighted by Gasteiger charge is 2.36. The molecule has 0 saturated heterocycles. The highest BCUT2D eigenvalue weighted by molar-refractivity contribution is 5.85. The molecule has 0 radical (unpaired) electrons. The Labute approximate surface area is 189 Å². The second-order valence-corrected chi connectivity index (χ2v) is 9.93. The van der Waals surface area contributed by atoms with Gasteiger partial charge in [0.2, 0.25) is 0 Å². The van der Waals surface area contributed by atoms with E-state index in [-0.39, 0.29) is 11.0 Å². The molecule has 0 aromatic heterocycles. The van der Waals surface area contributed by atoms with Gasteiger partial charge in [0, 0.05) is 18.2 Å². The van der Waals surface area contributed by atoms with E-state index in [1.165, 1.54) is 23.3 Å². The Balaban J connectivity index is 1.72. The van der Waals surface area contributed by atoms with Crippen LogP contribution in [0.2, 0.25) is 0 Å². The number of halogens is 2. The van der Waals surface area contributed by atoms with E-state index in [2.05, 4.69) is 55.5 Å². The third-order valence-corrected chi connectivity index (χ3v) is 6.47. The van der Waals surface area contributed by atoms with Crippen molar-refractivity contribution in [3.05, 3.63) is 70.8 Å². The molecule has 1 atom stereocenters. The van der Waals surface area contributed by atoms with Crippen molar-refractivity contribution in [2.45, 2.75) is 76.4 Å². The zero-order valence-electron chi connectivity index (χ0n) is 19.2. The first-order valence-corrected chi connectivity index (χ1v) is 11.3. The Bertz CT molecular complexity index is 923. The average Bonchev–Trinajstić information content (AvgIpc) is 2.75. The number of hydrogen-bond acceptors (Lipinski definition) is 4. The van der Waals surface area contributed by atoms with Crippen LogP contribution in [0.3, 0.4) is 0 Å². The Morgan fingerprint density at radius 3 is 2.31 bits per heavy atom. The van der Waals surface area contributed by atoms with E-state index in [0.29, 0.717) is 37.8 Å². The fourth-order valence-corrected chi connectivity index (χ4v) is 4.42. The SMILES string of the molecule is CC(C)(C)c1cccc(C2(NCC(O)CCc3cc(F)cc(F)c3)CCC(=NO)CC2)c1. The highest BCUT2D eigenvalue weighted by Crippen LogP contribution is 2.38. The summed E-state index contributed by atoms with van der Waals surface area (Å²) >= 11 is 0. The molecule has 32 heavy (non-hydrogen) atoms. The molecule has 0 heterocycles. The van der Waals surface area contributed by atoms with Gasteiger partial charge in [-0.3, -0.25) is 0 Å². The van der Waals surface area contributed by atoms with Crippen molar-refractivity contribution in [2.24, 2.45) is 5.16 Å². The van der Waals surface area contributed by atoms with Crippen LogP contribution in [-0.2, 0) is 17.4 Å². The van der Waals surface area contributed by atoms with Crippen molar-refractivity contribution >= 4 is 5.71 Å². The summed E-state index contributed by atoms with van der Waals surface area (Å²) in [6.45, 7) is 6.91. The lowest BCUT2D eigenvalue weighted by atomic mass is 9.74. The standard InChI is InChI=1S/C26H34F2N2O2/c1-25(2,3)19-5-4-6-20(15-19)26(11-9-23(30-32)10-12-26)29-17-24(31)8-7-18-13-21(27)16-22(28)14-18/h4-6,13-16,24,29,31-32H,7-12,17H2,1-3H3. The molecule has 1 unspecified atom stereocenters. The van der Waals surface area contributed by atoms with Gasteiger partial charge in [-0.25, -0.2) is 8.78 Å². The molecule has 6 heteroatoms. The van der Waals surface area contributed by atoms with E-state index in [1.54, 1.807) is 0 Å². The number of hydrogen-bond donors (Lipinski definition) is 3. The number of aliphatic hydroxyl groups excluding tert-OH is 1. The van der Waals surface area contributed by atoms with Gasteiger partial charge in [0.05, 0.1) is 11.8 Å². The van der Waals surface area contributed by atoms with Crippen LogP contribution >= 0.6 is 0 Å². The molecule has 2 aromatic rings. The van der Waals surface area contributed by atoms with Crippen molar-refractivity contribution < 1.29 is 19.1 Å². The minimum Gasteiger partial charge on any atom is -0.411 e. The summed E-state index contributed by atoms with van der Waals surface area (Å²) in [7, 11) is 0. The van der Waals surface area contributed by atoms with Crippen molar-refractivity contribution in [1.29, 1.82) is 0 Å². The van der Waals surface area contributed by atoms with E-state index in [1.807, 2.05) is 0 Å². The van der Waals surface area contributed by atoms with Gasteiger partial charge in [0.1, 0.15) is 11.6 Å². The van der Waals surface area contributed by atoms with Crippen LogP contribution in [0, 0.1) is 11.6 Å². The van der Waals surface area contributed by atoms with E-state index < -0.39 is 17.7 Å². The minimum absolute atomic E-state index is 0.0172. The van der Waals surface area contributed by atoms with Crippen molar-refractivity contribution in [3.8, 4) is 0 Å². The van der Waals surface area contributed by atoms with Crippen LogP contribution in [0.5, 0.6) is 0 Å². The third kappa shape index (κ3) is 6.14. The molecule has 3 N–H and O–H groups in total. The van der Waals surface area contributed by atoms with Crippen molar-refractivity contribution in [2.75, 3.05) is 6.54 Å². The summed E-state index contributed by atoms with van der Waals surface area (Å²) in [4.78, 5) is 0. The maximum Gasteiger partial charge on any atom is 0.126 e. The van der Waals surface area contributed by atoms with Crippen LogP contribution in [0.15, 0.2) is 47.6 Å². The Hall–Kier alpha value is -2.31. The van der Waals surface area contributed by atoms with Crippen LogP contribution < -0.4 is 5.32 Å². The summed E-state index contributed by atoms with van der Waals surface area (Å²) in [6, 6.07) is 12.0. The predicted molar refractivity (Wildman–Crippen MR) is 123 cm³/mol. The number of rotatable bonds is 7. The smallest absolute Gasteiger partial charge is 0.126 e. The molecule has 1 saturated carbocycles. The van der Waals surface area contributed by atoms with Gasteiger partial charge in [0.15, 0.2) is 0 Å². The zero-order valence-corrected chi connectivity index (χ0v) is 19.2. The van der Waals surface area contributed by atoms with E-state index in [4.69, 9.17) is 0 Å². The molecule has 1 aliphatic rings. The molecule has 0 spiro atoms.